The second-order valence-electron chi connectivity index (χ2n) is 6.89. The highest BCUT2D eigenvalue weighted by atomic mass is 32.2. The van der Waals surface area contributed by atoms with E-state index >= 15 is 0 Å². The van der Waals surface area contributed by atoms with Crippen molar-refractivity contribution in [2.75, 3.05) is 23.0 Å². The molecule has 156 valence electrons. The molecular formula is C18H29N5O3S2. The van der Waals surface area contributed by atoms with Gasteiger partial charge in [0.2, 0.25) is 0 Å². The normalized spacial score (nSPS) is 25.0. The van der Waals surface area contributed by atoms with Crippen molar-refractivity contribution in [3.8, 4) is 0 Å². The van der Waals surface area contributed by atoms with E-state index in [-0.39, 0.29) is 0 Å². The van der Waals surface area contributed by atoms with Gasteiger partial charge in [-0.15, -0.1) is 0 Å². The molecule has 8 nitrogen and oxygen atoms in total. The second-order valence-corrected chi connectivity index (χ2v) is 9.10. The number of aliphatic hydroxyl groups is 2. The van der Waals surface area contributed by atoms with Gasteiger partial charge in [-0.2, -0.15) is 11.8 Å². The molecule has 28 heavy (non-hydrogen) atoms. The average molecular weight is 428 g/mol. The van der Waals surface area contributed by atoms with Gasteiger partial charge in [0.05, 0.1) is 12.4 Å². The Kier molecular flexibility index (Phi) is 7.81. The lowest BCUT2D eigenvalue weighted by atomic mass is 10.1. The number of ether oxygens (including phenoxy) is 1. The fraction of sp³-hybridized carbons (Fsp3) is 0.722. The molecule has 0 saturated carbocycles. The Morgan fingerprint density at radius 3 is 2.64 bits per heavy atom. The number of imidazole rings is 1. The van der Waals surface area contributed by atoms with Crippen molar-refractivity contribution in [1.82, 2.24) is 19.5 Å². The summed E-state index contributed by atoms with van der Waals surface area (Å²) in [6.45, 7) is 4.28. The zero-order chi connectivity index (χ0) is 20.1. The minimum absolute atomic E-state index is 0.308. The highest BCUT2D eigenvalue weighted by Gasteiger charge is 2.44. The van der Waals surface area contributed by atoms with E-state index in [0.717, 1.165) is 37.2 Å². The van der Waals surface area contributed by atoms with Crippen LogP contribution >= 0.6 is 23.5 Å². The van der Waals surface area contributed by atoms with Gasteiger partial charge in [-0.1, -0.05) is 38.5 Å². The summed E-state index contributed by atoms with van der Waals surface area (Å²) < 4.78 is 7.65. The number of nitrogen functional groups attached to an aromatic ring is 1. The monoisotopic (exact) mass is 427 g/mol. The summed E-state index contributed by atoms with van der Waals surface area (Å²) in [6.07, 6.45) is 2.78. The van der Waals surface area contributed by atoms with Crippen LogP contribution in [0, 0.1) is 0 Å². The Labute approximate surface area is 173 Å². The van der Waals surface area contributed by atoms with Gasteiger partial charge < -0.3 is 20.7 Å². The van der Waals surface area contributed by atoms with Gasteiger partial charge in [0.15, 0.2) is 22.8 Å². The standard InChI is InChI=1S/C18H29N5O3S2/c1-3-5-7-27-9-11-13(24)14(25)17(26-11)23-10-20-12-15(19)21-18(22-16(12)23)28-8-6-4-2/h10-11,13-14,17,24-25H,3-9H2,1-2H3,(H2,19,21,22)/t11-,13-,14-,17-/m1/s1. The number of aliphatic hydroxyl groups excluding tert-OH is 2. The van der Waals surface area contributed by atoms with Gasteiger partial charge in [-0.3, -0.25) is 4.57 Å². The van der Waals surface area contributed by atoms with Crippen LogP contribution in [0.15, 0.2) is 11.5 Å². The minimum Gasteiger partial charge on any atom is -0.387 e. The summed E-state index contributed by atoms with van der Waals surface area (Å²) in [6, 6.07) is 0. The van der Waals surface area contributed by atoms with Crippen LogP contribution in [-0.2, 0) is 4.74 Å². The number of aromatic nitrogens is 4. The molecule has 3 heterocycles. The maximum atomic E-state index is 10.6. The van der Waals surface area contributed by atoms with Crippen molar-refractivity contribution in [2.24, 2.45) is 0 Å². The number of fused-ring (bicyclic) bond motifs is 1. The van der Waals surface area contributed by atoms with Crippen LogP contribution in [0.2, 0.25) is 0 Å². The average Bonchev–Trinajstić information content (AvgIpc) is 3.22. The summed E-state index contributed by atoms with van der Waals surface area (Å²) in [5.74, 6) is 2.87. The van der Waals surface area contributed by atoms with Crippen molar-refractivity contribution in [2.45, 2.75) is 69.2 Å². The molecule has 0 amide bonds. The Balaban J connectivity index is 1.78. The SMILES string of the molecule is CCCCSC[C@H]1O[C@@H](n2cnc3c(N)nc(SCCCC)nc32)[C@H](O)[C@@H]1O. The van der Waals surface area contributed by atoms with Gasteiger partial charge in [-0.25, -0.2) is 15.0 Å². The maximum Gasteiger partial charge on any atom is 0.191 e. The lowest BCUT2D eigenvalue weighted by Crippen LogP contribution is -2.32. The van der Waals surface area contributed by atoms with Crippen LogP contribution in [0.5, 0.6) is 0 Å². The molecule has 4 N–H and O–H groups in total. The molecule has 0 unspecified atom stereocenters. The van der Waals surface area contributed by atoms with E-state index in [9.17, 15) is 10.2 Å². The van der Waals surface area contributed by atoms with Gasteiger partial charge in [-0.05, 0) is 18.6 Å². The molecule has 2 aromatic heterocycles. The first-order chi connectivity index (χ1) is 13.6. The molecule has 0 aromatic carbocycles. The van der Waals surface area contributed by atoms with E-state index in [4.69, 9.17) is 10.5 Å². The van der Waals surface area contributed by atoms with Crippen LogP contribution in [0.25, 0.3) is 11.2 Å². The van der Waals surface area contributed by atoms with Crippen molar-refractivity contribution >= 4 is 40.5 Å². The van der Waals surface area contributed by atoms with Crippen LogP contribution in [0.1, 0.15) is 45.8 Å². The maximum absolute atomic E-state index is 10.6. The smallest absolute Gasteiger partial charge is 0.191 e. The molecule has 2 aromatic rings. The predicted octanol–water partition coefficient (Wildman–Crippen LogP) is 2.45. The van der Waals surface area contributed by atoms with Crippen LogP contribution < -0.4 is 5.73 Å². The Hall–Kier alpha value is -1.07. The molecule has 1 aliphatic heterocycles. The predicted molar refractivity (Wildman–Crippen MR) is 114 cm³/mol. The molecule has 1 fully saturated rings. The third kappa shape index (κ3) is 4.73. The largest absolute Gasteiger partial charge is 0.387 e. The topological polar surface area (TPSA) is 119 Å². The van der Waals surface area contributed by atoms with Crippen LogP contribution in [0.3, 0.4) is 0 Å². The molecule has 4 atom stereocenters. The first-order valence-electron chi connectivity index (χ1n) is 9.79. The van der Waals surface area contributed by atoms with Crippen LogP contribution in [-0.4, -0.2) is 65.3 Å². The summed E-state index contributed by atoms with van der Waals surface area (Å²) in [5.41, 5.74) is 7.05. The number of hydrogen-bond donors (Lipinski definition) is 3. The van der Waals surface area contributed by atoms with Gasteiger partial charge in [0.1, 0.15) is 17.7 Å². The summed E-state index contributed by atoms with van der Waals surface area (Å²) in [5, 5.41) is 21.6. The van der Waals surface area contributed by atoms with E-state index in [1.165, 1.54) is 0 Å². The van der Waals surface area contributed by atoms with Crippen molar-refractivity contribution < 1.29 is 14.9 Å². The van der Waals surface area contributed by atoms with Gasteiger partial charge in [0.25, 0.3) is 0 Å². The number of nitrogens with zero attached hydrogens (tertiary/aromatic N) is 4. The zero-order valence-corrected chi connectivity index (χ0v) is 18.0. The second kappa shape index (κ2) is 10.1. The Morgan fingerprint density at radius 2 is 1.89 bits per heavy atom. The zero-order valence-electron chi connectivity index (χ0n) is 16.3. The molecule has 10 heteroatoms. The number of hydrogen-bond acceptors (Lipinski definition) is 9. The van der Waals surface area contributed by atoms with Crippen molar-refractivity contribution in [3.05, 3.63) is 6.33 Å². The minimum atomic E-state index is -1.05. The lowest BCUT2D eigenvalue weighted by molar-refractivity contribution is -0.0289. The van der Waals surface area contributed by atoms with Crippen molar-refractivity contribution in [1.29, 1.82) is 0 Å². The number of anilines is 1. The first-order valence-corrected chi connectivity index (χ1v) is 11.9. The van der Waals surface area contributed by atoms with E-state index < -0.39 is 24.5 Å². The number of thioether (sulfide) groups is 2. The van der Waals surface area contributed by atoms with E-state index in [0.29, 0.717) is 27.9 Å². The lowest BCUT2D eigenvalue weighted by Gasteiger charge is -2.16. The summed E-state index contributed by atoms with van der Waals surface area (Å²) in [4.78, 5) is 13.2. The fourth-order valence-corrected chi connectivity index (χ4v) is 5.12. The van der Waals surface area contributed by atoms with Crippen LogP contribution in [0.4, 0.5) is 5.82 Å². The Bertz CT molecular complexity index is 775. The molecule has 0 spiro atoms. The van der Waals surface area contributed by atoms with Gasteiger partial charge >= 0.3 is 0 Å². The molecule has 1 saturated heterocycles. The molecule has 0 radical (unpaired) electrons. The third-order valence-electron chi connectivity index (χ3n) is 4.69. The molecule has 0 aliphatic carbocycles. The van der Waals surface area contributed by atoms with Gasteiger partial charge in [0, 0.05) is 11.5 Å². The molecule has 1 aliphatic rings. The van der Waals surface area contributed by atoms with E-state index in [1.807, 2.05) is 0 Å². The van der Waals surface area contributed by atoms with E-state index in [1.54, 1.807) is 34.4 Å². The van der Waals surface area contributed by atoms with Crippen molar-refractivity contribution in [3.63, 3.8) is 0 Å². The Morgan fingerprint density at radius 1 is 1.14 bits per heavy atom. The third-order valence-corrected chi connectivity index (χ3v) is 6.77. The highest BCUT2D eigenvalue weighted by Crippen LogP contribution is 2.34. The fourth-order valence-electron chi connectivity index (χ4n) is 3.02. The molecule has 0 bridgehead atoms. The first kappa shape index (κ1) is 21.6. The number of rotatable bonds is 10. The molecular weight excluding hydrogens is 398 g/mol. The van der Waals surface area contributed by atoms with E-state index in [2.05, 4.69) is 28.8 Å². The summed E-state index contributed by atoms with van der Waals surface area (Å²) in [7, 11) is 0. The number of unbranched alkanes of at least 4 members (excludes halogenated alkanes) is 2. The molecule has 3 rings (SSSR count). The number of nitrogens with two attached hydrogens (primary N) is 1. The summed E-state index contributed by atoms with van der Waals surface area (Å²) >= 11 is 3.28. The highest BCUT2D eigenvalue weighted by molar-refractivity contribution is 7.99. The quantitative estimate of drug-likeness (QED) is 0.298.